The molecule has 1 fully saturated rings. The van der Waals surface area contributed by atoms with E-state index in [1.165, 1.54) is 5.57 Å². The number of H-pyrrole nitrogens is 1. The molecule has 2 N–H and O–H groups in total. The van der Waals surface area contributed by atoms with Crippen LogP contribution in [0.2, 0.25) is 0 Å². The van der Waals surface area contributed by atoms with Gasteiger partial charge in [-0.1, -0.05) is 42.5 Å². The van der Waals surface area contributed by atoms with E-state index in [9.17, 15) is 9.18 Å². The number of carboxylic acids is 1. The molecule has 5 rings (SSSR count). The summed E-state index contributed by atoms with van der Waals surface area (Å²) in [7, 11) is 1.65. The van der Waals surface area contributed by atoms with E-state index in [2.05, 4.69) is 22.3 Å². The summed E-state index contributed by atoms with van der Waals surface area (Å²) in [6.07, 6.45) is 4.86. The molecule has 6 heteroatoms. The van der Waals surface area contributed by atoms with Crippen LogP contribution in [-0.2, 0) is 4.79 Å². The Kier molecular flexibility index (Phi) is 5.72. The molecule has 1 saturated carbocycles. The fourth-order valence-corrected chi connectivity index (χ4v) is 4.27. The topological polar surface area (TPSA) is 75.2 Å². The van der Waals surface area contributed by atoms with Crippen LogP contribution in [-0.4, -0.2) is 28.4 Å². The van der Waals surface area contributed by atoms with Crippen LogP contribution in [0.25, 0.3) is 28.1 Å². The van der Waals surface area contributed by atoms with Crippen molar-refractivity contribution in [3.8, 4) is 5.75 Å². The molecular weight excluding hydrogens is 431 g/mol. The lowest BCUT2D eigenvalue weighted by molar-refractivity contribution is -0.131. The molecule has 0 saturated heterocycles. The molecule has 4 aromatic rings. The highest BCUT2D eigenvalue weighted by molar-refractivity contribution is 6.01. The van der Waals surface area contributed by atoms with E-state index in [1.807, 2.05) is 54.6 Å². The van der Waals surface area contributed by atoms with Crippen molar-refractivity contribution in [3.63, 3.8) is 0 Å². The molecule has 1 heterocycles. The van der Waals surface area contributed by atoms with Crippen LogP contribution in [0, 0.1) is 11.9 Å². The Hall–Kier alpha value is -4.19. The zero-order valence-electron chi connectivity index (χ0n) is 18.6. The Morgan fingerprint density at radius 2 is 1.71 bits per heavy atom. The summed E-state index contributed by atoms with van der Waals surface area (Å²) in [5, 5.41) is 15.8. The van der Waals surface area contributed by atoms with E-state index < -0.39 is 11.9 Å². The molecule has 0 bridgehead atoms. The SMILES string of the molecule is COc1ccc(C(=C(c2ccc(C=CC(=O)O)cc2)c2ccc3n[nH]c(F)c3c2)C2CC2)cc1. The summed E-state index contributed by atoms with van der Waals surface area (Å²) in [6, 6.07) is 21.4. The zero-order valence-corrected chi connectivity index (χ0v) is 18.6. The number of halogens is 1. The number of nitrogens with one attached hydrogen (secondary N) is 1. The van der Waals surface area contributed by atoms with Gasteiger partial charge in [-0.05, 0) is 82.5 Å². The van der Waals surface area contributed by atoms with Gasteiger partial charge < -0.3 is 9.84 Å². The number of aromatic amines is 1. The highest BCUT2D eigenvalue weighted by Crippen LogP contribution is 2.48. The quantitative estimate of drug-likeness (QED) is 0.258. The van der Waals surface area contributed by atoms with Crippen molar-refractivity contribution in [2.45, 2.75) is 12.8 Å². The number of ether oxygens (including phenoxy) is 1. The Balaban J connectivity index is 1.71. The Morgan fingerprint density at radius 3 is 2.35 bits per heavy atom. The average molecular weight is 455 g/mol. The van der Waals surface area contributed by atoms with Gasteiger partial charge in [0.05, 0.1) is 18.0 Å². The third kappa shape index (κ3) is 4.35. The van der Waals surface area contributed by atoms with Crippen molar-refractivity contribution in [3.05, 3.63) is 101 Å². The minimum atomic E-state index is -0.990. The zero-order chi connectivity index (χ0) is 23.7. The number of rotatable bonds is 7. The minimum absolute atomic E-state index is 0.403. The third-order valence-electron chi connectivity index (χ3n) is 6.07. The summed E-state index contributed by atoms with van der Waals surface area (Å²) < 4.78 is 19.7. The van der Waals surface area contributed by atoms with Gasteiger partial charge in [0.2, 0.25) is 5.95 Å². The number of aliphatic carboxylic acids is 1. The lowest BCUT2D eigenvalue weighted by atomic mass is 9.86. The molecule has 3 aromatic carbocycles. The van der Waals surface area contributed by atoms with Gasteiger partial charge in [-0.15, -0.1) is 0 Å². The van der Waals surface area contributed by atoms with Crippen molar-refractivity contribution >= 4 is 34.1 Å². The van der Waals surface area contributed by atoms with E-state index in [4.69, 9.17) is 9.84 Å². The number of fused-ring (bicyclic) bond motifs is 1. The van der Waals surface area contributed by atoms with Gasteiger partial charge in [-0.25, -0.2) is 4.79 Å². The molecule has 34 heavy (non-hydrogen) atoms. The number of benzene rings is 3. The van der Waals surface area contributed by atoms with E-state index in [-0.39, 0.29) is 0 Å². The summed E-state index contributed by atoms with van der Waals surface area (Å²) in [4.78, 5) is 10.9. The van der Waals surface area contributed by atoms with Crippen LogP contribution in [0.3, 0.4) is 0 Å². The van der Waals surface area contributed by atoms with Crippen LogP contribution in [0.15, 0.2) is 72.8 Å². The van der Waals surface area contributed by atoms with Crippen molar-refractivity contribution < 1.29 is 19.0 Å². The first-order valence-corrected chi connectivity index (χ1v) is 11.1. The van der Waals surface area contributed by atoms with Crippen LogP contribution in [0.5, 0.6) is 5.75 Å². The maximum absolute atomic E-state index is 14.4. The van der Waals surface area contributed by atoms with Crippen molar-refractivity contribution in [2.24, 2.45) is 5.92 Å². The second-order valence-electron chi connectivity index (χ2n) is 8.35. The lowest BCUT2D eigenvalue weighted by Gasteiger charge is -2.18. The van der Waals surface area contributed by atoms with Crippen molar-refractivity contribution in [1.82, 2.24) is 10.2 Å². The number of aromatic nitrogens is 2. The van der Waals surface area contributed by atoms with Crippen LogP contribution in [0.1, 0.15) is 35.1 Å². The van der Waals surface area contributed by atoms with Gasteiger partial charge in [0.1, 0.15) is 5.75 Å². The van der Waals surface area contributed by atoms with Gasteiger partial charge in [0.25, 0.3) is 0 Å². The standard InChI is InChI=1S/C28H23FN2O3/c1-34-22-12-9-20(10-13-22)26(19-7-8-19)27(18-5-2-17(3-6-18)4-15-25(32)33)21-11-14-24-23(16-21)28(29)31-30-24/h2-6,9-16,19H,7-8H2,1H3,(H,30,31)(H,32,33). The number of methoxy groups -OCH3 is 1. The molecule has 1 aromatic heterocycles. The summed E-state index contributed by atoms with van der Waals surface area (Å²) >= 11 is 0. The Morgan fingerprint density at radius 1 is 1.03 bits per heavy atom. The van der Waals surface area contributed by atoms with Gasteiger partial charge in [-0.3, -0.25) is 5.10 Å². The van der Waals surface area contributed by atoms with Crippen LogP contribution in [0.4, 0.5) is 4.39 Å². The van der Waals surface area contributed by atoms with Crippen LogP contribution < -0.4 is 4.74 Å². The summed E-state index contributed by atoms with van der Waals surface area (Å²) in [5.74, 6) is -0.254. The highest BCUT2D eigenvalue weighted by Gasteiger charge is 2.30. The summed E-state index contributed by atoms with van der Waals surface area (Å²) in [5.41, 5.74) is 6.59. The van der Waals surface area contributed by atoms with Gasteiger partial charge in [0.15, 0.2) is 0 Å². The number of carbonyl (C=O) groups is 1. The molecule has 170 valence electrons. The fourth-order valence-electron chi connectivity index (χ4n) is 4.27. The second-order valence-corrected chi connectivity index (χ2v) is 8.35. The van der Waals surface area contributed by atoms with Gasteiger partial charge in [-0.2, -0.15) is 9.49 Å². The fraction of sp³-hybridized carbons (Fsp3) is 0.143. The molecule has 0 aliphatic heterocycles. The highest BCUT2D eigenvalue weighted by atomic mass is 19.1. The third-order valence-corrected chi connectivity index (χ3v) is 6.07. The second kappa shape index (κ2) is 8.98. The summed E-state index contributed by atoms with van der Waals surface area (Å²) in [6.45, 7) is 0. The normalized spacial score (nSPS) is 14.4. The van der Waals surface area contributed by atoms with E-state index >= 15 is 0 Å². The number of hydrogen-bond acceptors (Lipinski definition) is 3. The smallest absolute Gasteiger partial charge is 0.328 e. The van der Waals surface area contributed by atoms with Gasteiger partial charge >= 0.3 is 5.97 Å². The molecule has 1 aliphatic carbocycles. The lowest BCUT2D eigenvalue weighted by Crippen LogP contribution is -1.98. The molecule has 1 aliphatic rings. The van der Waals surface area contributed by atoms with E-state index in [0.717, 1.165) is 52.5 Å². The average Bonchev–Trinajstić information content (AvgIpc) is 3.64. The maximum Gasteiger partial charge on any atom is 0.328 e. The largest absolute Gasteiger partial charge is 0.497 e. The minimum Gasteiger partial charge on any atom is -0.497 e. The first-order valence-electron chi connectivity index (χ1n) is 11.1. The number of allylic oxidation sites excluding steroid dienone is 1. The monoisotopic (exact) mass is 454 g/mol. The van der Waals surface area contributed by atoms with Crippen molar-refractivity contribution in [1.29, 1.82) is 0 Å². The first-order chi connectivity index (χ1) is 16.5. The number of hydrogen-bond donors (Lipinski definition) is 2. The molecule has 0 amide bonds. The molecular formula is C28H23FN2O3. The van der Waals surface area contributed by atoms with E-state index in [0.29, 0.717) is 16.8 Å². The Labute approximate surface area is 196 Å². The number of nitrogens with zero attached hydrogens (tertiary/aromatic N) is 1. The molecule has 0 spiro atoms. The van der Waals surface area contributed by atoms with E-state index in [1.54, 1.807) is 13.2 Å². The molecule has 5 nitrogen and oxygen atoms in total. The van der Waals surface area contributed by atoms with Gasteiger partial charge in [0, 0.05) is 6.08 Å². The molecule has 0 atom stereocenters. The molecule has 0 radical (unpaired) electrons. The predicted molar refractivity (Wildman–Crippen MR) is 131 cm³/mol. The predicted octanol–water partition coefficient (Wildman–Crippen LogP) is 6.18. The van der Waals surface area contributed by atoms with Crippen molar-refractivity contribution in [2.75, 3.05) is 7.11 Å². The first kappa shape index (κ1) is 21.6. The molecule has 0 unspecified atom stereocenters. The Bertz CT molecular complexity index is 1410. The number of carboxylic acid groups (broad SMARTS) is 1. The van der Waals surface area contributed by atoms with Crippen LogP contribution >= 0.6 is 0 Å². The maximum atomic E-state index is 14.4.